The zero-order chi connectivity index (χ0) is 16.1. The molecular formula is C16H19N3O3. The number of benzene rings is 1. The van der Waals surface area contributed by atoms with Gasteiger partial charge in [-0.3, -0.25) is 9.78 Å². The number of nitrogens with one attached hydrogen (secondary N) is 1. The van der Waals surface area contributed by atoms with E-state index in [1.54, 1.807) is 6.20 Å². The molecule has 1 amide bonds. The summed E-state index contributed by atoms with van der Waals surface area (Å²) in [5.41, 5.74) is 2.00. The van der Waals surface area contributed by atoms with E-state index >= 15 is 0 Å². The lowest BCUT2D eigenvalue weighted by atomic mass is 10.1. The monoisotopic (exact) mass is 301 g/mol. The van der Waals surface area contributed by atoms with E-state index in [1.807, 2.05) is 38.1 Å². The Bertz CT molecular complexity index is 685. The average molecular weight is 301 g/mol. The van der Waals surface area contributed by atoms with E-state index in [2.05, 4.69) is 15.3 Å². The number of hydrogen-bond donors (Lipinski definition) is 2. The summed E-state index contributed by atoms with van der Waals surface area (Å²) in [6, 6.07) is 6.37. The van der Waals surface area contributed by atoms with Gasteiger partial charge in [-0.05, 0) is 18.1 Å². The van der Waals surface area contributed by atoms with Crippen molar-refractivity contribution in [2.75, 3.05) is 0 Å². The highest BCUT2D eigenvalue weighted by Crippen LogP contribution is 2.10. The third kappa shape index (κ3) is 4.25. The minimum atomic E-state index is -1.08. The fourth-order valence-electron chi connectivity index (χ4n) is 2.13. The first-order chi connectivity index (χ1) is 10.5. The molecule has 1 aromatic heterocycles. The summed E-state index contributed by atoms with van der Waals surface area (Å²) in [7, 11) is 0. The van der Waals surface area contributed by atoms with Crippen molar-refractivity contribution in [3.8, 4) is 0 Å². The van der Waals surface area contributed by atoms with Crippen LogP contribution in [0.4, 0.5) is 0 Å². The predicted molar refractivity (Wildman–Crippen MR) is 82.3 cm³/mol. The number of carbonyl (C=O) groups is 2. The number of para-hydroxylation sites is 2. The molecule has 2 aromatic rings. The molecule has 0 aliphatic rings. The van der Waals surface area contributed by atoms with Crippen LogP contribution < -0.4 is 5.32 Å². The van der Waals surface area contributed by atoms with Gasteiger partial charge in [0.25, 0.3) is 0 Å². The maximum atomic E-state index is 11.8. The number of hydrogen-bond acceptors (Lipinski definition) is 4. The quantitative estimate of drug-likeness (QED) is 0.848. The molecule has 0 saturated carbocycles. The molecule has 0 fully saturated rings. The Balaban J connectivity index is 2.12. The average Bonchev–Trinajstić information content (AvgIpc) is 2.45. The molecule has 0 radical (unpaired) electrons. The van der Waals surface area contributed by atoms with Crippen molar-refractivity contribution in [2.24, 2.45) is 5.92 Å². The minimum absolute atomic E-state index is 0.108. The summed E-state index contributed by atoms with van der Waals surface area (Å²) in [5.74, 6) is -1.17. The molecule has 0 aliphatic heterocycles. The molecule has 1 atom stereocenters. The van der Waals surface area contributed by atoms with Gasteiger partial charge in [-0.1, -0.05) is 26.0 Å². The van der Waals surface area contributed by atoms with Gasteiger partial charge in [0.1, 0.15) is 6.04 Å². The van der Waals surface area contributed by atoms with Crippen molar-refractivity contribution >= 4 is 22.9 Å². The van der Waals surface area contributed by atoms with Gasteiger partial charge in [0.15, 0.2) is 0 Å². The summed E-state index contributed by atoms with van der Waals surface area (Å²) in [5, 5.41) is 11.8. The standard InChI is InChI=1S/C16H19N3O3/c1-10(2)7-15(20)19-14(16(21)22)8-11-9-17-12-5-3-4-6-13(12)18-11/h3-6,9-10,14H,7-8H2,1-2H3,(H,19,20)(H,21,22)/t14-/m0/s1. The van der Waals surface area contributed by atoms with Crippen LogP contribution in [0, 0.1) is 5.92 Å². The molecule has 1 heterocycles. The molecule has 1 aromatic carbocycles. The van der Waals surface area contributed by atoms with Crippen LogP contribution in [0.15, 0.2) is 30.5 Å². The first kappa shape index (κ1) is 15.9. The molecule has 2 N–H and O–H groups in total. The topological polar surface area (TPSA) is 92.2 Å². The van der Waals surface area contributed by atoms with Crippen LogP contribution in [0.1, 0.15) is 26.0 Å². The molecule has 0 saturated heterocycles. The van der Waals surface area contributed by atoms with Crippen LogP contribution in [0.3, 0.4) is 0 Å². The second-order valence-electron chi connectivity index (χ2n) is 5.61. The van der Waals surface area contributed by atoms with Crippen LogP contribution >= 0.6 is 0 Å². The van der Waals surface area contributed by atoms with E-state index in [9.17, 15) is 14.7 Å². The molecule has 116 valence electrons. The third-order valence-electron chi connectivity index (χ3n) is 3.14. The van der Waals surface area contributed by atoms with Crippen molar-refractivity contribution < 1.29 is 14.7 Å². The van der Waals surface area contributed by atoms with Crippen LogP contribution in [0.2, 0.25) is 0 Å². The fraction of sp³-hybridized carbons (Fsp3) is 0.375. The normalized spacial score (nSPS) is 12.3. The van der Waals surface area contributed by atoms with Gasteiger partial charge in [-0.15, -0.1) is 0 Å². The summed E-state index contributed by atoms with van der Waals surface area (Å²) < 4.78 is 0. The van der Waals surface area contributed by atoms with Gasteiger partial charge in [0.05, 0.1) is 16.7 Å². The van der Waals surface area contributed by atoms with E-state index in [-0.39, 0.29) is 18.2 Å². The van der Waals surface area contributed by atoms with Crippen LogP contribution in [0.5, 0.6) is 0 Å². The van der Waals surface area contributed by atoms with Crippen molar-refractivity contribution in [1.82, 2.24) is 15.3 Å². The number of carboxylic acids is 1. The molecule has 6 heteroatoms. The van der Waals surface area contributed by atoms with Gasteiger partial charge in [-0.2, -0.15) is 0 Å². The Hall–Kier alpha value is -2.50. The lowest BCUT2D eigenvalue weighted by Gasteiger charge is -2.15. The number of nitrogens with zero attached hydrogens (tertiary/aromatic N) is 2. The summed E-state index contributed by atoms with van der Waals surface area (Å²) in [4.78, 5) is 31.7. The Kier molecular flexibility index (Phi) is 5.04. The van der Waals surface area contributed by atoms with E-state index in [4.69, 9.17) is 0 Å². The molecule has 0 bridgehead atoms. The zero-order valence-corrected chi connectivity index (χ0v) is 12.6. The first-order valence-corrected chi connectivity index (χ1v) is 7.18. The van der Waals surface area contributed by atoms with Gasteiger partial charge in [0.2, 0.25) is 5.91 Å². The van der Waals surface area contributed by atoms with E-state index in [1.165, 1.54) is 0 Å². The number of fused-ring (bicyclic) bond motifs is 1. The molecule has 0 spiro atoms. The fourth-order valence-corrected chi connectivity index (χ4v) is 2.13. The Morgan fingerprint density at radius 2 is 1.91 bits per heavy atom. The Labute approximate surface area is 128 Å². The highest BCUT2D eigenvalue weighted by Gasteiger charge is 2.21. The molecule has 0 aliphatic carbocycles. The molecule has 6 nitrogen and oxygen atoms in total. The minimum Gasteiger partial charge on any atom is -0.480 e. The summed E-state index contributed by atoms with van der Waals surface area (Å²) in [6.45, 7) is 3.81. The number of aromatic nitrogens is 2. The highest BCUT2D eigenvalue weighted by atomic mass is 16.4. The summed E-state index contributed by atoms with van der Waals surface area (Å²) in [6.07, 6.45) is 1.96. The summed E-state index contributed by atoms with van der Waals surface area (Å²) >= 11 is 0. The van der Waals surface area contributed by atoms with Crippen LogP contribution in [0.25, 0.3) is 11.0 Å². The number of rotatable bonds is 6. The lowest BCUT2D eigenvalue weighted by Crippen LogP contribution is -2.42. The molecular weight excluding hydrogens is 282 g/mol. The zero-order valence-electron chi connectivity index (χ0n) is 12.6. The second-order valence-corrected chi connectivity index (χ2v) is 5.61. The molecule has 22 heavy (non-hydrogen) atoms. The number of aliphatic carboxylic acids is 1. The van der Waals surface area contributed by atoms with Gasteiger partial charge in [0, 0.05) is 19.0 Å². The van der Waals surface area contributed by atoms with E-state index < -0.39 is 12.0 Å². The van der Waals surface area contributed by atoms with Gasteiger partial charge in [-0.25, -0.2) is 9.78 Å². The SMILES string of the molecule is CC(C)CC(=O)N[C@@H](Cc1cnc2ccccc2n1)C(=O)O. The number of amides is 1. The largest absolute Gasteiger partial charge is 0.480 e. The van der Waals surface area contributed by atoms with Crippen molar-refractivity contribution in [1.29, 1.82) is 0 Å². The molecule has 2 rings (SSSR count). The van der Waals surface area contributed by atoms with Crippen molar-refractivity contribution in [3.05, 3.63) is 36.2 Å². The Morgan fingerprint density at radius 3 is 2.55 bits per heavy atom. The first-order valence-electron chi connectivity index (χ1n) is 7.18. The third-order valence-corrected chi connectivity index (χ3v) is 3.14. The smallest absolute Gasteiger partial charge is 0.326 e. The van der Waals surface area contributed by atoms with Gasteiger partial charge < -0.3 is 10.4 Å². The van der Waals surface area contributed by atoms with Gasteiger partial charge >= 0.3 is 5.97 Å². The van der Waals surface area contributed by atoms with E-state index in [0.717, 1.165) is 5.52 Å². The number of carbonyl (C=O) groups excluding carboxylic acids is 1. The number of carboxylic acid groups (broad SMARTS) is 1. The predicted octanol–water partition coefficient (Wildman–Crippen LogP) is 1.79. The van der Waals surface area contributed by atoms with Crippen LogP contribution in [-0.4, -0.2) is 33.0 Å². The van der Waals surface area contributed by atoms with E-state index in [0.29, 0.717) is 17.6 Å². The second kappa shape index (κ2) is 6.98. The lowest BCUT2D eigenvalue weighted by molar-refractivity contribution is -0.141. The van der Waals surface area contributed by atoms with Crippen molar-refractivity contribution in [2.45, 2.75) is 32.7 Å². The maximum absolute atomic E-state index is 11.8. The van der Waals surface area contributed by atoms with Crippen molar-refractivity contribution in [3.63, 3.8) is 0 Å². The Morgan fingerprint density at radius 1 is 1.23 bits per heavy atom. The van der Waals surface area contributed by atoms with Crippen LogP contribution in [-0.2, 0) is 16.0 Å². The highest BCUT2D eigenvalue weighted by molar-refractivity contribution is 5.83. The molecule has 0 unspecified atom stereocenters. The maximum Gasteiger partial charge on any atom is 0.326 e.